The molecular formula is C10H17NO2. The van der Waals surface area contributed by atoms with Crippen molar-refractivity contribution in [3.63, 3.8) is 0 Å². The van der Waals surface area contributed by atoms with Gasteiger partial charge in [-0.3, -0.25) is 10.1 Å². The van der Waals surface area contributed by atoms with Crippen LogP contribution in [0.5, 0.6) is 0 Å². The Bertz CT molecular complexity index is 215. The fraction of sp³-hybridized carbons (Fsp3) is 0.800. The largest absolute Gasteiger partial charge is 0.259 e. The van der Waals surface area contributed by atoms with E-state index < -0.39 is 0 Å². The van der Waals surface area contributed by atoms with Crippen molar-refractivity contribution in [2.24, 2.45) is 11.8 Å². The quantitative estimate of drug-likeness (QED) is 0.488. The normalized spacial score (nSPS) is 30.2. The van der Waals surface area contributed by atoms with Gasteiger partial charge < -0.3 is 0 Å². The van der Waals surface area contributed by atoms with E-state index in [0.29, 0.717) is 11.6 Å². The smallest absolute Gasteiger partial charge is 0.239 e. The summed E-state index contributed by atoms with van der Waals surface area (Å²) >= 11 is 0. The van der Waals surface area contributed by atoms with Gasteiger partial charge in [0.1, 0.15) is 0 Å². The minimum Gasteiger partial charge on any atom is -0.259 e. The van der Waals surface area contributed by atoms with E-state index >= 15 is 0 Å². The molecule has 0 aromatic carbocycles. The molecule has 0 aromatic heterocycles. The van der Waals surface area contributed by atoms with Gasteiger partial charge in [-0.1, -0.05) is 19.8 Å². The van der Waals surface area contributed by atoms with E-state index in [1.165, 1.54) is 12.8 Å². The molecule has 3 heteroatoms. The van der Waals surface area contributed by atoms with Crippen LogP contribution in [0.15, 0.2) is 11.8 Å². The molecule has 0 atom stereocenters. The Morgan fingerprint density at radius 3 is 2.38 bits per heavy atom. The molecule has 0 heterocycles. The highest BCUT2D eigenvalue weighted by Gasteiger charge is 2.18. The van der Waals surface area contributed by atoms with Gasteiger partial charge in [-0.15, -0.1) is 0 Å². The topological polar surface area (TPSA) is 43.1 Å². The third kappa shape index (κ3) is 3.17. The van der Waals surface area contributed by atoms with E-state index in [0.717, 1.165) is 18.8 Å². The molecule has 1 aliphatic carbocycles. The maximum Gasteiger partial charge on any atom is 0.239 e. The van der Waals surface area contributed by atoms with Crippen molar-refractivity contribution in [3.05, 3.63) is 21.9 Å². The Morgan fingerprint density at radius 1 is 1.38 bits per heavy atom. The van der Waals surface area contributed by atoms with Crippen molar-refractivity contribution in [1.82, 2.24) is 0 Å². The van der Waals surface area contributed by atoms with Crippen molar-refractivity contribution in [2.75, 3.05) is 0 Å². The predicted octanol–water partition coefficient (Wildman–Crippen LogP) is 2.99. The maximum atomic E-state index is 10.4. The number of hydrogen-bond donors (Lipinski definition) is 0. The minimum absolute atomic E-state index is 0.294. The molecule has 1 aliphatic rings. The van der Waals surface area contributed by atoms with E-state index in [4.69, 9.17) is 0 Å². The van der Waals surface area contributed by atoms with Crippen molar-refractivity contribution in [2.45, 2.75) is 39.5 Å². The minimum atomic E-state index is -0.294. The zero-order valence-corrected chi connectivity index (χ0v) is 8.32. The number of allylic oxidation sites excluding steroid dienone is 2. The number of rotatable bonds is 2. The van der Waals surface area contributed by atoms with Crippen LogP contribution in [0.25, 0.3) is 0 Å². The molecule has 0 radical (unpaired) electrons. The number of hydrogen-bond acceptors (Lipinski definition) is 2. The van der Waals surface area contributed by atoms with Crippen molar-refractivity contribution >= 4 is 0 Å². The molecule has 13 heavy (non-hydrogen) atoms. The van der Waals surface area contributed by atoms with E-state index in [2.05, 4.69) is 6.92 Å². The van der Waals surface area contributed by atoms with E-state index in [9.17, 15) is 10.1 Å². The molecule has 1 rings (SSSR count). The summed E-state index contributed by atoms with van der Waals surface area (Å²) < 4.78 is 0. The second kappa shape index (κ2) is 4.40. The molecule has 1 fully saturated rings. The summed E-state index contributed by atoms with van der Waals surface area (Å²) in [6, 6.07) is 0. The number of nitro groups is 1. The highest BCUT2D eigenvalue weighted by Crippen LogP contribution is 2.29. The summed E-state index contributed by atoms with van der Waals surface area (Å²) in [5.74, 6) is 1.25. The first-order valence-electron chi connectivity index (χ1n) is 4.92. The van der Waals surface area contributed by atoms with Gasteiger partial charge in [0, 0.05) is 6.92 Å². The van der Waals surface area contributed by atoms with Gasteiger partial charge in [-0.05, 0) is 30.8 Å². The second-order valence-electron chi connectivity index (χ2n) is 4.09. The van der Waals surface area contributed by atoms with Crippen molar-refractivity contribution in [3.8, 4) is 0 Å². The molecule has 0 bridgehead atoms. The average Bonchev–Trinajstić information content (AvgIpc) is 2.08. The molecule has 0 unspecified atom stereocenters. The summed E-state index contributed by atoms with van der Waals surface area (Å²) in [7, 11) is 0. The molecule has 0 saturated heterocycles. The lowest BCUT2D eigenvalue weighted by Crippen LogP contribution is -2.11. The Hall–Kier alpha value is -0.860. The SMILES string of the molecule is CC(=CC1CCC(C)CC1)[N+](=O)[O-]. The Balaban J connectivity index is 2.46. The lowest BCUT2D eigenvalue weighted by molar-refractivity contribution is -0.424. The van der Waals surface area contributed by atoms with Crippen LogP contribution < -0.4 is 0 Å². The Labute approximate surface area is 79.0 Å². The highest BCUT2D eigenvalue weighted by molar-refractivity contribution is 4.94. The first kappa shape index (κ1) is 10.2. The second-order valence-corrected chi connectivity index (χ2v) is 4.09. The van der Waals surface area contributed by atoms with Gasteiger partial charge in [0.25, 0.3) is 0 Å². The van der Waals surface area contributed by atoms with Crippen LogP contribution in [0.4, 0.5) is 0 Å². The Morgan fingerprint density at radius 2 is 1.92 bits per heavy atom. The third-order valence-corrected chi connectivity index (χ3v) is 2.83. The van der Waals surface area contributed by atoms with Gasteiger partial charge in [-0.25, -0.2) is 0 Å². The first-order valence-corrected chi connectivity index (χ1v) is 4.92. The van der Waals surface area contributed by atoms with Crippen LogP contribution in [-0.4, -0.2) is 4.92 Å². The summed E-state index contributed by atoms with van der Waals surface area (Å²) in [5, 5.41) is 10.4. The molecule has 0 amide bonds. The van der Waals surface area contributed by atoms with Crippen LogP contribution in [0.2, 0.25) is 0 Å². The lowest BCUT2D eigenvalue weighted by atomic mass is 9.83. The van der Waals surface area contributed by atoms with Crippen molar-refractivity contribution < 1.29 is 4.92 Å². The van der Waals surface area contributed by atoms with E-state index in [1.54, 1.807) is 6.92 Å². The van der Waals surface area contributed by atoms with Gasteiger partial charge in [0.05, 0.1) is 4.92 Å². The molecule has 0 aliphatic heterocycles. The standard InChI is InChI=1S/C10H17NO2/c1-8-3-5-10(6-4-8)7-9(2)11(12)13/h7-8,10H,3-6H2,1-2H3. The summed E-state index contributed by atoms with van der Waals surface area (Å²) in [6.07, 6.45) is 6.49. The molecule has 1 saturated carbocycles. The monoisotopic (exact) mass is 183 g/mol. The van der Waals surface area contributed by atoms with Crippen LogP contribution in [0, 0.1) is 22.0 Å². The van der Waals surface area contributed by atoms with Gasteiger partial charge in [0.2, 0.25) is 5.70 Å². The van der Waals surface area contributed by atoms with E-state index in [-0.39, 0.29) is 4.92 Å². The average molecular weight is 183 g/mol. The van der Waals surface area contributed by atoms with Gasteiger partial charge in [-0.2, -0.15) is 0 Å². The molecule has 3 nitrogen and oxygen atoms in total. The zero-order valence-electron chi connectivity index (χ0n) is 8.32. The predicted molar refractivity (Wildman–Crippen MR) is 51.9 cm³/mol. The summed E-state index contributed by atoms with van der Waals surface area (Å²) in [6.45, 7) is 3.83. The lowest BCUT2D eigenvalue weighted by Gasteiger charge is -2.23. The third-order valence-electron chi connectivity index (χ3n) is 2.83. The summed E-state index contributed by atoms with van der Waals surface area (Å²) in [4.78, 5) is 10.1. The van der Waals surface area contributed by atoms with Crippen LogP contribution in [0.3, 0.4) is 0 Å². The van der Waals surface area contributed by atoms with Gasteiger partial charge in [0.15, 0.2) is 0 Å². The summed E-state index contributed by atoms with van der Waals surface area (Å²) in [5.41, 5.74) is 0.305. The van der Waals surface area contributed by atoms with Crippen LogP contribution in [-0.2, 0) is 0 Å². The molecular weight excluding hydrogens is 166 g/mol. The maximum absolute atomic E-state index is 10.4. The fourth-order valence-corrected chi connectivity index (χ4v) is 1.85. The fourth-order valence-electron chi connectivity index (χ4n) is 1.85. The molecule has 74 valence electrons. The van der Waals surface area contributed by atoms with E-state index in [1.807, 2.05) is 6.08 Å². The number of nitrogens with zero attached hydrogens (tertiary/aromatic N) is 1. The van der Waals surface area contributed by atoms with Gasteiger partial charge >= 0.3 is 0 Å². The first-order chi connectivity index (χ1) is 6.09. The Kier molecular flexibility index (Phi) is 3.46. The van der Waals surface area contributed by atoms with Crippen molar-refractivity contribution in [1.29, 1.82) is 0 Å². The highest BCUT2D eigenvalue weighted by atomic mass is 16.6. The molecule has 0 spiro atoms. The molecule has 0 aromatic rings. The molecule has 0 N–H and O–H groups in total. The van der Waals surface area contributed by atoms with Crippen LogP contribution in [0.1, 0.15) is 39.5 Å². The zero-order chi connectivity index (χ0) is 9.84. The van der Waals surface area contributed by atoms with Crippen LogP contribution >= 0.6 is 0 Å².